The number of benzene rings is 3. The highest BCUT2D eigenvalue weighted by molar-refractivity contribution is 6.05. The standard InChI is InChI=1S/C27H24N2O4/c1-18(19-8-4-3-5-9-19)28-26(30)17-33-27(31)23-16-25(20-12-14-21(32-2)15-13-20)29-24-11-7-6-10-22(23)24/h3-16,18H,17H2,1-2H3,(H,28,30)/t18-/m0/s1. The second-order valence-corrected chi connectivity index (χ2v) is 7.58. The van der Waals surface area contributed by atoms with Gasteiger partial charge in [-0.2, -0.15) is 0 Å². The van der Waals surface area contributed by atoms with Crippen LogP contribution in [0.25, 0.3) is 22.2 Å². The molecule has 4 aromatic rings. The topological polar surface area (TPSA) is 77.5 Å². The van der Waals surface area contributed by atoms with Gasteiger partial charge in [-0.3, -0.25) is 4.79 Å². The number of nitrogens with one attached hydrogen (secondary N) is 1. The van der Waals surface area contributed by atoms with Crippen LogP contribution in [0.5, 0.6) is 5.75 Å². The number of ether oxygens (including phenoxy) is 2. The number of esters is 1. The SMILES string of the molecule is COc1ccc(-c2cc(C(=O)OCC(=O)N[C@@H](C)c3ccccc3)c3ccccc3n2)cc1. The van der Waals surface area contributed by atoms with Gasteiger partial charge < -0.3 is 14.8 Å². The number of para-hydroxylation sites is 1. The average molecular weight is 440 g/mol. The molecule has 0 aliphatic heterocycles. The van der Waals surface area contributed by atoms with E-state index in [-0.39, 0.29) is 18.6 Å². The fraction of sp³-hybridized carbons (Fsp3) is 0.148. The third-order valence-electron chi connectivity index (χ3n) is 5.33. The molecule has 3 aromatic carbocycles. The molecule has 4 rings (SSSR count). The first-order valence-electron chi connectivity index (χ1n) is 10.6. The molecule has 0 unspecified atom stereocenters. The minimum Gasteiger partial charge on any atom is -0.497 e. The third kappa shape index (κ3) is 5.18. The predicted molar refractivity (Wildman–Crippen MR) is 127 cm³/mol. The second kappa shape index (κ2) is 9.96. The number of rotatable bonds is 7. The number of hydrogen-bond acceptors (Lipinski definition) is 5. The Kier molecular flexibility index (Phi) is 6.64. The van der Waals surface area contributed by atoms with Crippen molar-refractivity contribution in [2.75, 3.05) is 13.7 Å². The van der Waals surface area contributed by atoms with Gasteiger partial charge in [0.2, 0.25) is 0 Å². The van der Waals surface area contributed by atoms with Gasteiger partial charge in [0.05, 0.1) is 29.9 Å². The summed E-state index contributed by atoms with van der Waals surface area (Å²) in [5.74, 6) is -0.214. The number of nitrogens with zero attached hydrogens (tertiary/aromatic N) is 1. The van der Waals surface area contributed by atoms with Crippen LogP contribution in [0, 0.1) is 0 Å². The molecule has 6 nitrogen and oxygen atoms in total. The molecule has 0 saturated carbocycles. The molecule has 1 heterocycles. The monoisotopic (exact) mass is 440 g/mol. The van der Waals surface area contributed by atoms with Crippen LogP contribution in [0.2, 0.25) is 0 Å². The summed E-state index contributed by atoms with van der Waals surface area (Å²) in [6, 6.07) is 25.9. The number of hydrogen-bond donors (Lipinski definition) is 1. The van der Waals surface area contributed by atoms with Crippen LogP contribution in [-0.4, -0.2) is 30.6 Å². The molecule has 0 aliphatic rings. The van der Waals surface area contributed by atoms with Crippen LogP contribution in [0.3, 0.4) is 0 Å². The molecule has 1 N–H and O–H groups in total. The third-order valence-corrected chi connectivity index (χ3v) is 5.33. The number of carbonyl (C=O) groups is 2. The van der Waals surface area contributed by atoms with Gasteiger partial charge in [-0.05, 0) is 48.9 Å². The molecule has 0 aliphatic carbocycles. The summed E-state index contributed by atoms with van der Waals surface area (Å²) in [6.45, 7) is 1.51. The van der Waals surface area contributed by atoms with Gasteiger partial charge in [-0.25, -0.2) is 9.78 Å². The lowest BCUT2D eigenvalue weighted by molar-refractivity contribution is -0.124. The van der Waals surface area contributed by atoms with E-state index in [1.807, 2.05) is 85.8 Å². The summed E-state index contributed by atoms with van der Waals surface area (Å²) >= 11 is 0. The van der Waals surface area contributed by atoms with Crippen molar-refractivity contribution < 1.29 is 19.1 Å². The Labute approximate surface area is 192 Å². The minimum atomic E-state index is -0.578. The van der Waals surface area contributed by atoms with Gasteiger partial charge in [-0.1, -0.05) is 48.5 Å². The number of carbonyl (C=O) groups excluding carboxylic acids is 2. The van der Waals surface area contributed by atoms with Gasteiger partial charge in [0.1, 0.15) is 5.75 Å². The van der Waals surface area contributed by atoms with Crippen molar-refractivity contribution in [1.29, 1.82) is 0 Å². The Morgan fingerprint density at radius 1 is 0.939 bits per heavy atom. The first-order valence-corrected chi connectivity index (χ1v) is 10.6. The van der Waals surface area contributed by atoms with Gasteiger partial charge >= 0.3 is 5.97 Å². The molecular formula is C27H24N2O4. The summed E-state index contributed by atoms with van der Waals surface area (Å²) < 4.78 is 10.6. The Morgan fingerprint density at radius 2 is 1.64 bits per heavy atom. The van der Waals surface area contributed by atoms with Gasteiger partial charge in [-0.15, -0.1) is 0 Å². The highest BCUT2D eigenvalue weighted by atomic mass is 16.5. The molecule has 1 aromatic heterocycles. The Hall–Kier alpha value is -4.19. The number of pyridine rings is 1. The quantitative estimate of drug-likeness (QED) is 0.412. The van der Waals surface area contributed by atoms with Crippen molar-refractivity contribution in [3.63, 3.8) is 0 Å². The zero-order chi connectivity index (χ0) is 23.2. The van der Waals surface area contributed by atoms with Crippen molar-refractivity contribution in [1.82, 2.24) is 10.3 Å². The molecule has 1 amide bonds. The average Bonchev–Trinajstić information content (AvgIpc) is 2.87. The molecule has 0 bridgehead atoms. The van der Waals surface area contributed by atoms with Crippen LogP contribution in [0.4, 0.5) is 0 Å². The Balaban J connectivity index is 1.52. The normalized spacial score (nSPS) is 11.6. The van der Waals surface area contributed by atoms with Crippen LogP contribution in [0.1, 0.15) is 28.9 Å². The number of fused-ring (bicyclic) bond motifs is 1. The highest BCUT2D eigenvalue weighted by Crippen LogP contribution is 2.27. The van der Waals surface area contributed by atoms with Crippen molar-refractivity contribution in [3.05, 3.63) is 96.1 Å². The molecule has 0 saturated heterocycles. The lowest BCUT2D eigenvalue weighted by atomic mass is 10.0. The Bertz CT molecular complexity index is 1270. The van der Waals surface area contributed by atoms with E-state index in [1.54, 1.807) is 13.2 Å². The van der Waals surface area contributed by atoms with E-state index in [0.29, 0.717) is 22.2 Å². The zero-order valence-electron chi connectivity index (χ0n) is 18.4. The largest absolute Gasteiger partial charge is 0.497 e. The Morgan fingerprint density at radius 3 is 2.36 bits per heavy atom. The first-order chi connectivity index (χ1) is 16.0. The molecule has 0 spiro atoms. The van der Waals surface area contributed by atoms with E-state index >= 15 is 0 Å². The maximum Gasteiger partial charge on any atom is 0.339 e. The summed E-state index contributed by atoms with van der Waals surface area (Å²) in [5.41, 5.74) is 3.46. The smallest absolute Gasteiger partial charge is 0.339 e. The summed E-state index contributed by atoms with van der Waals surface area (Å²) in [5, 5.41) is 3.51. The first kappa shape index (κ1) is 22.0. The lowest BCUT2D eigenvalue weighted by Crippen LogP contribution is -2.31. The highest BCUT2D eigenvalue weighted by Gasteiger charge is 2.17. The van der Waals surface area contributed by atoms with Gasteiger partial charge in [0, 0.05) is 10.9 Å². The van der Waals surface area contributed by atoms with Gasteiger partial charge in [0.15, 0.2) is 6.61 Å². The van der Waals surface area contributed by atoms with Crippen molar-refractivity contribution in [2.24, 2.45) is 0 Å². The molecule has 33 heavy (non-hydrogen) atoms. The molecular weight excluding hydrogens is 416 g/mol. The summed E-state index contributed by atoms with van der Waals surface area (Å²) in [7, 11) is 1.61. The lowest BCUT2D eigenvalue weighted by Gasteiger charge is -2.15. The van der Waals surface area contributed by atoms with Crippen molar-refractivity contribution >= 4 is 22.8 Å². The van der Waals surface area contributed by atoms with Crippen LogP contribution in [0.15, 0.2) is 84.9 Å². The van der Waals surface area contributed by atoms with Gasteiger partial charge in [0.25, 0.3) is 5.91 Å². The summed E-state index contributed by atoms with van der Waals surface area (Å²) in [6.07, 6.45) is 0. The van der Waals surface area contributed by atoms with E-state index < -0.39 is 5.97 Å². The number of methoxy groups -OCH3 is 1. The number of amides is 1. The molecule has 166 valence electrons. The van der Waals surface area contributed by atoms with E-state index in [2.05, 4.69) is 10.3 Å². The molecule has 1 atom stereocenters. The van der Waals surface area contributed by atoms with E-state index in [0.717, 1.165) is 16.9 Å². The van der Waals surface area contributed by atoms with Crippen LogP contribution in [-0.2, 0) is 9.53 Å². The maximum atomic E-state index is 13.0. The molecule has 0 fully saturated rings. The predicted octanol–water partition coefficient (Wildman–Crippen LogP) is 4.94. The maximum absolute atomic E-state index is 13.0. The minimum absolute atomic E-state index is 0.194. The van der Waals surface area contributed by atoms with E-state index in [1.165, 1.54) is 0 Å². The van der Waals surface area contributed by atoms with E-state index in [9.17, 15) is 9.59 Å². The van der Waals surface area contributed by atoms with Crippen LogP contribution >= 0.6 is 0 Å². The zero-order valence-corrected chi connectivity index (χ0v) is 18.4. The summed E-state index contributed by atoms with van der Waals surface area (Å²) in [4.78, 5) is 30.0. The number of aromatic nitrogens is 1. The van der Waals surface area contributed by atoms with Crippen molar-refractivity contribution in [3.8, 4) is 17.0 Å². The van der Waals surface area contributed by atoms with Crippen molar-refractivity contribution in [2.45, 2.75) is 13.0 Å². The fourth-order valence-corrected chi connectivity index (χ4v) is 3.57. The van der Waals surface area contributed by atoms with E-state index in [4.69, 9.17) is 9.47 Å². The fourth-order valence-electron chi connectivity index (χ4n) is 3.57. The molecule has 0 radical (unpaired) electrons. The van der Waals surface area contributed by atoms with Crippen LogP contribution < -0.4 is 10.1 Å². The second-order valence-electron chi connectivity index (χ2n) is 7.58. The molecule has 6 heteroatoms.